The molecule has 0 aliphatic heterocycles. The minimum Gasteiger partial charge on any atom is -0.387 e. The summed E-state index contributed by atoms with van der Waals surface area (Å²) < 4.78 is 0. The van der Waals surface area contributed by atoms with Crippen molar-refractivity contribution in [3.05, 3.63) is 29.3 Å². The first-order valence-corrected chi connectivity index (χ1v) is 6.41. The van der Waals surface area contributed by atoms with Gasteiger partial charge in [-0.1, -0.05) is 11.6 Å². The SMILES string of the molecule is CCNC(=O)CCNC(=O)c1cc(C)ccc1NC. The molecule has 1 aromatic rings. The lowest BCUT2D eigenvalue weighted by atomic mass is 10.1. The highest BCUT2D eigenvalue weighted by Crippen LogP contribution is 2.16. The summed E-state index contributed by atoms with van der Waals surface area (Å²) in [6.45, 7) is 4.74. The Morgan fingerprint density at radius 2 is 1.95 bits per heavy atom. The number of hydrogen-bond donors (Lipinski definition) is 3. The molecule has 0 unspecified atom stereocenters. The molecule has 104 valence electrons. The first-order valence-electron chi connectivity index (χ1n) is 6.41. The fraction of sp³-hybridized carbons (Fsp3) is 0.429. The van der Waals surface area contributed by atoms with Crippen molar-refractivity contribution >= 4 is 17.5 Å². The second-order valence-electron chi connectivity index (χ2n) is 4.26. The summed E-state index contributed by atoms with van der Waals surface area (Å²) in [4.78, 5) is 23.3. The van der Waals surface area contributed by atoms with Crippen LogP contribution in [0.4, 0.5) is 5.69 Å². The monoisotopic (exact) mass is 263 g/mol. The number of benzene rings is 1. The molecule has 0 heterocycles. The molecular formula is C14H21N3O2. The standard InChI is InChI=1S/C14H21N3O2/c1-4-16-13(18)7-8-17-14(19)11-9-10(2)5-6-12(11)15-3/h5-6,9,15H,4,7-8H2,1-3H3,(H,16,18)(H,17,19). The van der Waals surface area contributed by atoms with Gasteiger partial charge >= 0.3 is 0 Å². The Morgan fingerprint density at radius 1 is 1.21 bits per heavy atom. The van der Waals surface area contributed by atoms with Crippen molar-refractivity contribution in [3.8, 4) is 0 Å². The first kappa shape index (κ1) is 15.0. The Kier molecular flexibility index (Phi) is 5.85. The minimum atomic E-state index is -0.169. The average molecular weight is 263 g/mol. The number of anilines is 1. The van der Waals surface area contributed by atoms with Gasteiger partial charge in [-0.25, -0.2) is 0 Å². The quantitative estimate of drug-likeness (QED) is 0.724. The first-order chi connectivity index (χ1) is 9.08. The van der Waals surface area contributed by atoms with Crippen LogP contribution in [0.1, 0.15) is 29.3 Å². The highest BCUT2D eigenvalue weighted by atomic mass is 16.2. The van der Waals surface area contributed by atoms with Crippen molar-refractivity contribution in [2.75, 3.05) is 25.5 Å². The van der Waals surface area contributed by atoms with Crippen LogP contribution in [0.25, 0.3) is 0 Å². The molecule has 3 N–H and O–H groups in total. The van der Waals surface area contributed by atoms with Crippen molar-refractivity contribution in [2.24, 2.45) is 0 Å². The molecule has 0 aromatic heterocycles. The van der Waals surface area contributed by atoms with Crippen molar-refractivity contribution in [2.45, 2.75) is 20.3 Å². The van der Waals surface area contributed by atoms with Crippen LogP contribution in [0.2, 0.25) is 0 Å². The number of carbonyl (C=O) groups excluding carboxylic acids is 2. The van der Waals surface area contributed by atoms with Gasteiger partial charge in [0.15, 0.2) is 0 Å². The molecule has 1 rings (SSSR count). The van der Waals surface area contributed by atoms with Gasteiger partial charge in [0, 0.05) is 32.2 Å². The minimum absolute atomic E-state index is 0.0547. The predicted molar refractivity (Wildman–Crippen MR) is 76.4 cm³/mol. The summed E-state index contributed by atoms with van der Waals surface area (Å²) in [5.41, 5.74) is 2.40. The lowest BCUT2D eigenvalue weighted by molar-refractivity contribution is -0.120. The highest BCUT2D eigenvalue weighted by molar-refractivity contribution is 5.99. The van der Waals surface area contributed by atoms with Gasteiger partial charge in [0.25, 0.3) is 5.91 Å². The fourth-order valence-electron chi connectivity index (χ4n) is 1.73. The second kappa shape index (κ2) is 7.41. The van der Waals surface area contributed by atoms with Crippen LogP contribution in [0.5, 0.6) is 0 Å². The van der Waals surface area contributed by atoms with E-state index < -0.39 is 0 Å². The van der Waals surface area contributed by atoms with E-state index in [4.69, 9.17) is 0 Å². The number of carbonyl (C=O) groups is 2. The van der Waals surface area contributed by atoms with E-state index in [-0.39, 0.29) is 11.8 Å². The average Bonchev–Trinajstić information content (AvgIpc) is 2.38. The van der Waals surface area contributed by atoms with Crippen molar-refractivity contribution < 1.29 is 9.59 Å². The van der Waals surface area contributed by atoms with Crippen molar-refractivity contribution in [3.63, 3.8) is 0 Å². The lowest BCUT2D eigenvalue weighted by Crippen LogP contribution is -2.30. The summed E-state index contributed by atoms with van der Waals surface area (Å²) in [5.74, 6) is -0.224. The maximum atomic E-state index is 12.0. The van der Waals surface area contributed by atoms with Gasteiger partial charge in [-0.15, -0.1) is 0 Å². The smallest absolute Gasteiger partial charge is 0.253 e. The summed E-state index contributed by atoms with van der Waals surface area (Å²) >= 11 is 0. The number of aryl methyl sites for hydroxylation is 1. The van der Waals surface area contributed by atoms with Crippen LogP contribution < -0.4 is 16.0 Å². The molecule has 0 aliphatic carbocycles. The molecule has 0 saturated heterocycles. The Hall–Kier alpha value is -2.04. The molecule has 19 heavy (non-hydrogen) atoms. The van der Waals surface area contributed by atoms with E-state index >= 15 is 0 Å². The van der Waals surface area contributed by atoms with E-state index in [1.165, 1.54) is 0 Å². The van der Waals surface area contributed by atoms with E-state index in [1.54, 1.807) is 7.05 Å². The molecule has 5 heteroatoms. The number of rotatable bonds is 6. The summed E-state index contributed by atoms with van der Waals surface area (Å²) in [6.07, 6.45) is 0.292. The molecule has 0 spiro atoms. The van der Waals surface area contributed by atoms with Gasteiger partial charge in [-0.05, 0) is 26.0 Å². The van der Waals surface area contributed by atoms with E-state index in [1.807, 2.05) is 32.0 Å². The van der Waals surface area contributed by atoms with Crippen LogP contribution in [-0.2, 0) is 4.79 Å². The maximum Gasteiger partial charge on any atom is 0.253 e. The molecule has 1 aromatic carbocycles. The van der Waals surface area contributed by atoms with Gasteiger partial charge in [0.05, 0.1) is 5.56 Å². The molecule has 0 fully saturated rings. The molecule has 5 nitrogen and oxygen atoms in total. The third-order valence-corrected chi connectivity index (χ3v) is 2.70. The second-order valence-corrected chi connectivity index (χ2v) is 4.26. The number of hydrogen-bond acceptors (Lipinski definition) is 3. The fourth-order valence-corrected chi connectivity index (χ4v) is 1.73. The van der Waals surface area contributed by atoms with Crippen LogP contribution in [-0.4, -0.2) is 32.0 Å². The van der Waals surface area contributed by atoms with Crippen LogP contribution >= 0.6 is 0 Å². The molecular weight excluding hydrogens is 242 g/mol. The Balaban J connectivity index is 2.58. The molecule has 0 radical (unpaired) electrons. The van der Waals surface area contributed by atoms with Gasteiger partial charge in [0.1, 0.15) is 0 Å². The third-order valence-electron chi connectivity index (χ3n) is 2.70. The lowest BCUT2D eigenvalue weighted by Gasteiger charge is -2.10. The number of nitrogens with one attached hydrogen (secondary N) is 3. The van der Waals surface area contributed by atoms with Crippen LogP contribution in [0, 0.1) is 6.92 Å². The summed E-state index contributed by atoms with van der Waals surface area (Å²) in [7, 11) is 1.77. The van der Waals surface area contributed by atoms with Crippen molar-refractivity contribution in [1.29, 1.82) is 0 Å². The van der Waals surface area contributed by atoms with Gasteiger partial charge in [-0.2, -0.15) is 0 Å². The molecule has 0 saturated carbocycles. The normalized spacial score (nSPS) is 9.84. The van der Waals surface area contributed by atoms with Gasteiger partial charge in [-0.3, -0.25) is 9.59 Å². The van der Waals surface area contributed by atoms with Gasteiger partial charge in [0.2, 0.25) is 5.91 Å². The van der Waals surface area contributed by atoms with Crippen LogP contribution in [0.3, 0.4) is 0 Å². The van der Waals surface area contributed by atoms with E-state index in [0.717, 1.165) is 11.3 Å². The van der Waals surface area contributed by atoms with E-state index in [9.17, 15) is 9.59 Å². The van der Waals surface area contributed by atoms with Crippen LogP contribution in [0.15, 0.2) is 18.2 Å². The predicted octanol–water partition coefficient (Wildman–Crippen LogP) is 1.29. The largest absolute Gasteiger partial charge is 0.387 e. The molecule has 0 bridgehead atoms. The topological polar surface area (TPSA) is 70.2 Å². The third kappa shape index (κ3) is 4.62. The highest BCUT2D eigenvalue weighted by Gasteiger charge is 2.11. The molecule has 0 aliphatic rings. The van der Waals surface area contributed by atoms with Gasteiger partial charge < -0.3 is 16.0 Å². The molecule has 2 amide bonds. The zero-order valence-corrected chi connectivity index (χ0v) is 11.7. The maximum absolute atomic E-state index is 12.0. The zero-order valence-electron chi connectivity index (χ0n) is 11.7. The Labute approximate surface area is 113 Å². The zero-order chi connectivity index (χ0) is 14.3. The Morgan fingerprint density at radius 3 is 2.58 bits per heavy atom. The molecule has 0 atom stereocenters. The summed E-state index contributed by atoms with van der Waals surface area (Å²) in [5, 5.41) is 8.42. The van der Waals surface area contributed by atoms with E-state index in [2.05, 4.69) is 16.0 Å². The summed E-state index contributed by atoms with van der Waals surface area (Å²) in [6, 6.07) is 5.64. The number of amides is 2. The Bertz CT molecular complexity index is 458. The van der Waals surface area contributed by atoms with Crippen molar-refractivity contribution in [1.82, 2.24) is 10.6 Å². The van der Waals surface area contributed by atoms with E-state index in [0.29, 0.717) is 25.1 Å².